The molecule has 0 unspecified atom stereocenters. The molecule has 70 valence electrons. The molecular weight excluding hydrogens is 172 g/mol. The van der Waals surface area contributed by atoms with Gasteiger partial charge in [-0.1, -0.05) is 6.07 Å². The lowest BCUT2D eigenvalue weighted by atomic mass is 10.1. The molecule has 1 rings (SSSR count). The molecule has 0 bridgehead atoms. The Morgan fingerprint density at radius 2 is 2.31 bits per heavy atom. The third-order valence-corrected chi connectivity index (χ3v) is 1.65. The van der Waals surface area contributed by atoms with Crippen LogP contribution in [0.4, 0.5) is 0 Å². The van der Waals surface area contributed by atoms with Gasteiger partial charge in [0.15, 0.2) is 0 Å². The van der Waals surface area contributed by atoms with Gasteiger partial charge in [-0.3, -0.25) is 9.78 Å². The van der Waals surface area contributed by atoms with Crippen molar-refractivity contribution >= 4 is 5.97 Å². The molecule has 0 saturated heterocycles. The van der Waals surface area contributed by atoms with Crippen molar-refractivity contribution in [1.29, 1.82) is 0 Å². The Morgan fingerprint density at radius 1 is 1.62 bits per heavy atom. The molecule has 1 aromatic heterocycles. The lowest BCUT2D eigenvalue weighted by Gasteiger charge is -2.14. The van der Waals surface area contributed by atoms with Gasteiger partial charge in [-0.2, -0.15) is 0 Å². The summed E-state index contributed by atoms with van der Waals surface area (Å²) in [5.41, 5.74) is 5.62. The average molecular weight is 182 g/mol. The summed E-state index contributed by atoms with van der Waals surface area (Å²) in [6.07, 6.45) is 1.70. The van der Waals surface area contributed by atoms with Gasteiger partial charge in [0.25, 0.3) is 0 Å². The summed E-state index contributed by atoms with van der Waals surface area (Å²) in [7, 11) is 0. The maximum absolute atomic E-state index is 10.4. The molecule has 0 radical (unpaired) electrons. The van der Waals surface area contributed by atoms with Crippen LogP contribution in [0.1, 0.15) is 11.7 Å². The van der Waals surface area contributed by atoms with Crippen molar-refractivity contribution in [2.24, 2.45) is 5.73 Å². The van der Waals surface area contributed by atoms with Gasteiger partial charge in [-0.15, -0.1) is 0 Å². The molecule has 5 nitrogen and oxygen atoms in total. The third-order valence-electron chi connectivity index (χ3n) is 1.65. The van der Waals surface area contributed by atoms with Crippen LogP contribution in [0.25, 0.3) is 0 Å². The summed E-state index contributed by atoms with van der Waals surface area (Å²) in [5, 5.41) is 17.9. The van der Waals surface area contributed by atoms with Crippen LogP contribution in [0.5, 0.6) is 0 Å². The van der Waals surface area contributed by atoms with Crippen LogP contribution < -0.4 is 5.73 Å². The van der Waals surface area contributed by atoms with Crippen LogP contribution >= 0.6 is 0 Å². The summed E-state index contributed by atoms with van der Waals surface area (Å²) in [6.45, 7) is 0. The fraction of sp³-hybridized carbons (Fsp3) is 0.250. The molecule has 1 heterocycles. The fourth-order valence-electron chi connectivity index (χ4n) is 0.893. The SMILES string of the molecule is N[C@@H](C(=O)O)[C@H](O)c1cccnc1. The van der Waals surface area contributed by atoms with Gasteiger partial charge in [-0.25, -0.2) is 0 Å². The first kappa shape index (κ1) is 9.63. The number of aromatic nitrogens is 1. The second kappa shape index (κ2) is 3.97. The van der Waals surface area contributed by atoms with Gasteiger partial charge >= 0.3 is 5.97 Å². The summed E-state index contributed by atoms with van der Waals surface area (Å²) >= 11 is 0. The van der Waals surface area contributed by atoms with E-state index in [1.807, 2.05) is 0 Å². The van der Waals surface area contributed by atoms with Gasteiger partial charge in [0.1, 0.15) is 12.1 Å². The summed E-state index contributed by atoms with van der Waals surface area (Å²) in [5.74, 6) is -1.24. The second-order valence-corrected chi connectivity index (χ2v) is 2.60. The number of hydrogen-bond donors (Lipinski definition) is 3. The maximum atomic E-state index is 10.4. The zero-order valence-electron chi connectivity index (χ0n) is 6.79. The number of nitrogens with two attached hydrogens (primary N) is 1. The number of aliphatic hydroxyl groups excluding tert-OH is 1. The van der Waals surface area contributed by atoms with E-state index in [0.717, 1.165) is 0 Å². The first-order chi connectivity index (χ1) is 6.13. The molecule has 0 amide bonds. The molecule has 5 heteroatoms. The molecule has 0 aromatic carbocycles. The Balaban J connectivity index is 2.79. The molecule has 0 aliphatic heterocycles. The molecule has 4 N–H and O–H groups in total. The number of nitrogens with zero attached hydrogens (tertiary/aromatic N) is 1. The van der Waals surface area contributed by atoms with Gasteiger partial charge in [-0.05, 0) is 6.07 Å². The Morgan fingerprint density at radius 3 is 2.77 bits per heavy atom. The number of hydrogen-bond acceptors (Lipinski definition) is 4. The van der Waals surface area contributed by atoms with Crippen molar-refractivity contribution in [1.82, 2.24) is 4.98 Å². The van der Waals surface area contributed by atoms with Crippen LogP contribution in [0.2, 0.25) is 0 Å². The number of rotatable bonds is 3. The van der Waals surface area contributed by atoms with Crippen molar-refractivity contribution in [3.63, 3.8) is 0 Å². The van der Waals surface area contributed by atoms with E-state index in [2.05, 4.69) is 4.98 Å². The predicted octanol–water partition coefficient (Wildman–Crippen LogP) is -0.473. The average Bonchev–Trinajstić information content (AvgIpc) is 2.17. The van der Waals surface area contributed by atoms with Gasteiger partial charge in [0.2, 0.25) is 0 Å². The number of aliphatic carboxylic acids is 1. The molecule has 0 aliphatic rings. The van der Waals surface area contributed by atoms with E-state index in [4.69, 9.17) is 10.8 Å². The summed E-state index contributed by atoms with van der Waals surface area (Å²) in [4.78, 5) is 14.1. The van der Waals surface area contributed by atoms with E-state index in [1.165, 1.54) is 12.4 Å². The summed E-state index contributed by atoms with van der Waals surface area (Å²) in [6, 6.07) is 1.86. The highest BCUT2D eigenvalue weighted by molar-refractivity contribution is 5.74. The molecule has 0 spiro atoms. The highest BCUT2D eigenvalue weighted by Crippen LogP contribution is 2.13. The smallest absolute Gasteiger partial charge is 0.323 e. The minimum Gasteiger partial charge on any atom is -0.480 e. The molecule has 0 aliphatic carbocycles. The lowest BCUT2D eigenvalue weighted by molar-refractivity contribution is -0.141. The van der Waals surface area contributed by atoms with Crippen LogP contribution in [-0.4, -0.2) is 27.2 Å². The predicted molar refractivity (Wildman–Crippen MR) is 44.8 cm³/mol. The Kier molecular flexibility index (Phi) is 2.94. The fourth-order valence-corrected chi connectivity index (χ4v) is 0.893. The molecule has 0 saturated carbocycles. The number of carbonyl (C=O) groups is 1. The highest BCUT2D eigenvalue weighted by Gasteiger charge is 2.23. The van der Waals surface area contributed by atoms with Gasteiger partial charge < -0.3 is 15.9 Å². The normalized spacial score (nSPS) is 14.9. The van der Waals surface area contributed by atoms with Crippen LogP contribution in [-0.2, 0) is 4.79 Å². The topological polar surface area (TPSA) is 96.4 Å². The van der Waals surface area contributed by atoms with E-state index in [0.29, 0.717) is 5.56 Å². The second-order valence-electron chi connectivity index (χ2n) is 2.60. The Labute approximate surface area is 74.8 Å². The third kappa shape index (κ3) is 2.24. The van der Waals surface area contributed by atoms with Crippen LogP contribution in [0, 0.1) is 0 Å². The summed E-state index contributed by atoms with van der Waals surface area (Å²) < 4.78 is 0. The monoisotopic (exact) mass is 182 g/mol. The Bertz CT molecular complexity index is 289. The largest absolute Gasteiger partial charge is 0.480 e. The van der Waals surface area contributed by atoms with Crippen molar-refractivity contribution < 1.29 is 15.0 Å². The molecule has 0 fully saturated rings. The van der Waals surface area contributed by atoms with Crippen molar-refractivity contribution in [3.05, 3.63) is 30.1 Å². The van der Waals surface area contributed by atoms with E-state index in [9.17, 15) is 9.90 Å². The first-order valence-electron chi connectivity index (χ1n) is 3.69. The molecule has 13 heavy (non-hydrogen) atoms. The lowest BCUT2D eigenvalue weighted by Crippen LogP contribution is -2.36. The minimum absolute atomic E-state index is 0.400. The first-order valence-corrected chi connectivity index (χ1v) is 3.69. The van der Waals surface area contributed by atoms with Crippen molar-refractivity contribution in [2.75, 3.05) is 0 Å². The molecular formula is C8H10N2O3. The Hall–Kier alpha value is -1.46. The van der Waals surface area contributed by atoms with Crippen LogP contribution in [0.15, 0.2) is 24.5 Å². The number of carboxylic acids is 1. The standard InChI is InChI=1S/C8H10N2O3/c9-6(8(12)13)7(11)5-2-1-3-10-4-5/h1-4,6-7,11H,9H2,(H,12,13)/t6-,7-/m1/s1. The number of aliphatic hydroxyl groups is 1. The van der Waals surface area contributed by atoms with Gasteiger partial charge in [0.05, 0.1) is 0 Å². The molecule has 1 aromatic rings. The van der Waals surface area contributed by atoms with E-state index < -0.39 is 18.1 Å². The maximum Gasteiger partial charge on any atom is 0.323 e. The van der Waals surface area contributed by atoms with E-state index in [1.54, 1.807) is 12.1 Å². The van der Waals surface area contributed by atoms with Crippen LogP contribution in [0.3, 0.4) is 0 Å². The zero-order valence-corrected chi connectivity index (χ0v) is 6.79. The number of carboxylic acid groups (broad SMARTS) is 1. The number of pyridine rings is 1. The van der Waals surface area contributed by atoms with Gasteiger partial charge in [0, 0.05) is 18.0 Å². The van der Waals surface area contributed by atoms with Crippen molar-refractivity contribution in [3.8, 4) is 0 Å². The highest BCUT2D eigenvalue weighted by atomic mass is 16.4. The van der Waals surface area contributed by atoms with Crippen molar-refractivity contribution in [2.45, 2.75) is 12.1 Å². The van der Waals surface area contributed by atoms with E-state index in [-0.39, 0.29) is 0 Å². The van der Waals surface area contributed by atoms with E-state index >= 15 is 0 Å². The quantitative estimate of drug-likeness (QED) is 0.587. The zero-order chi connectivity index (χ0) is 9.84. The molecule has 2 atom stereocenters. The minimum atomic E-state index is -1.32.